The fourth-order valence-electron chi connectivity index (χ4n) is 4.54. The Kier molecular flexibility index (Phi) is 5.14. The van der Waals surface area contributed by atoms with Crippen LogP contribution in [-0.2, 0) is 0 Å². The van der Waals surface area contributed by atoms with Crippen molar-refractivity contribution in [2.45, 2.75) is 18.9 Å². The largest absolute Gasteiger partial charge is 0.370 e. The highest BCUT2D eigenvalue weighted by atomic mass is 15.3. The van der Waals surface area contributed by atoms with Gasteiger partial charge in [-0.15, -0.1) is 0 Å². The second-order valence-corrected chi connectivity index (χ2v) is 7.87. The number of nitrogens with zero attached hydrogens (tertiary/aromatic N) is 9. The van der Waals surface area contributed by atoms with Crippen molar-refractivity contribution in [3.63, 3.8) is 0 Å². The lowest BCUT2D eigenvalue weighted by Gasteiger charge is -2.24. The summed E-state index contributed by atoms with van der Waals surface area (Å²) in [4.78, 5) is 17.8. The molecule has 4 aromatic rings. The summed E-state index contributed by atoms with van der Waals surface area (Å²) in [5.41, 5.74) is 3.53. The van der Waals surface area contributed by atoms with E-state index in [0.29, 0.717) is 18.7 Å². The zero-order valence-corrected chi connectivity index (χ0v) is 17.5. The Hall–Kier alpha value is -4.75. The van der Waals surface area contributed by atoms with Crippen LogP contribution in [0.2, 0.25) is 0 Å². The lowest BCUT2D eigenvalue weighted by Crippen LogP contribution is -2.25. The van der Waals surface area contributed by atoms with Crippen molar-refractivity contribution >= 4 is 16.7 Å². The Morgan fingerprint density at radius 3 is 2.88 bits per heavy atom. The molecule has 10 nitrogen and oxygen atoms in total. The molecule has 1 aliphatic rings. The summed E-state index contributed by atoms with van der Waals surface area (Å²) in [7, 11) is 0. The van der Waals surface area contributed by atoms with Crippen LogP contribution in [0, 0.1) is 39.9 Å². The average Bonchev–Trinajstić information content (AvgIpc) is 3.62. The lowest BCUT2D eigenvalue weighted by atomic mass is 9.96. The summed E-state index contributed by atoms with van der Waals surface area (Å²) in [6, 6.07) is 9.98. The average molecular weight is 434 g/mol. The maximum Gasteiger partial charge on any atom is 0.160 e. The van der Waals surface area contributed by atoms with Gasteiger partial charge in [0.15, 0.2) is 5.69 Å². The Balaban J connectivity index is 1.43. The fourth-order valence-corrected chi connectivity index (χ4v) is 4.54. The molecule has 1 fully saturated rings. The van der Waals surface area contributed by atoms with Crippen LogP contribution in [0.5, 0.6) is 0 Å². The van der Waals surface area contributed by atoms with Crippen LogP contribution in [0.25, 0.3) is 22.3 Å². The van der Waals surface area contributed by atoms with E-state index in [1.165, 1.54) is 6.33 Å². The quantitative estimate of drug-likeness (QED) is 0.504. The summed E-state index contributed by atoms with van der Waals surface area (Å²) in [5, 5.41) is 33.8. The normalized spacial score (nSPS) is 16.3. The van der Waals surface area contributed by atoms with E-state index in [4.69, 9.17) is 0 Å². The number of H-pyrrole nitrogens is 1. The van der Waals surface area contributed by atoms with Crippen molar-refractivity contribution in [2.75, 3.05) is 18.0 Å². The minimum atomic E-state index is -0.125. The molecule has 0 aromatic carbocycles. The zero-order valence-electron chi connectivity index (χ0n) is 17.5. The van der Waals surface area contributed by atoms with Crippen molar-refractivity contribution in [1.29, 1.82) is 15.8 Å². The Morgan fingerprint density at radius 2 is 2.06 bits per heavy atom. The molecule has 1 aliphatic heterocycles. The number of pyridine rings is 1. The second kappa shape index (κ2) is 8.41. The number of rotatable bonds is 5. The van der Waals surface area contributed by atoms with Crippen molar-refractivity contribution in [2.24, 2.45) is 5.92 Å². The number of fused-ring (bicyclic) bond motifs is 1. The molecule has 10 heteroatoms. The molecule has 5 heterocycles. The summed E-state index contributed by atoms with van der Waals surface area (Å²) in [5.74, 6) is 0.153. The highest BCUT2D eigenvalue weighted by Crippen LogP contribution is 2.35. The van der Waals surface area contributed by atoms with Crippen molar-refractivity contribution in [3.05, 3.63) is 54.5 Å². The minimum Gasteiger partial charge on any atom is -0.370 e. The molecular weight excluding hydrogens is 416 g/mol. The van der Waals surface area contributed by atoms with Gasteiger partial charge in [-0.25, -0.2) is 15.0 Å². The molecule has 160 valence electrons. The van der Waals surface area contributed by atoms with E-state index in [1.807, 2.05) is 29.2 Å². The van der Waals surface area contributed by atoms with E-state index in [2.05, 4.69) is 42.1 Å². The second-order valence-electron chi connectivity index (χ2n) is 7.87. The molecule has 5 rings (SSSR count). The predicted molar refractivity (Wildman–Crippen MR) is 118 cm³/mol. The first-order valence-corrected chi connectivity index (χ1v) is 10.5. The Morgan fingerprint density at radius 1 is 1.15 bits per heavy atom. The van der Waals surface area contributed by atoms with Crippen molar-refractivity contribution < 1.29 is 0 Å². The van der Waals surface area contributed by atoms with Gasteiger partial charge in [-0.05, 0) is 18.6 Å². The Bertz CT molecular complexity index is 1440. The van der Waals surface area contributed by atoms with Crippen LogP contribution in [0.1, 0.15) is 30.1 Å². The fraction of sp³-hybridized carbons (Fsp3) is 0.261. The molecule has 0 aliphatic carbocycles. The monoisotopic (exact) mass is 434 g/mol. The topological polar surface area (TPSA) is 147 Å². The number of aromatic amines is 1. The minimum absolute atomic E-state index is 0.125. The van der Waals surface area contributed by atoms with Crippen LogP contribution >= 0.6 is 0 Å². The van der Waals surface area contributed by atoms with Gasteiger partial charge in [-0.1, -0.05) is 0 Å². The van der Waals surface area contributed by atoms with Gasteiger partial charge < -0.3 is 9.88 Å². The summed E-state index contributed by atoms with van der Waals surface area (Å²) < 4.78 is 1.85. The first-order chi connectivity index (χ1) is 16.2. The van der Waals surface area contributed by atoms with Gasteiger partial charge in [0.1, 0.15) is 29.7 Å². The molecule has 0 bridgehead atoms. The molecule has 0 radical (unpaired) electrons. The SMILES string of the molecule is N#CCC(C1CCN(c2ccnc(C#N)c2C#N)C1)n1cc(-c2ncnc3[nH]ccc23)cn1. The third kappa shape index (κ3) is 3.52. The van der Waals surface area contributed by atoms with Gasteiger partial charge >= 0.3 is 0 Å². The molecule has 2 atom stereocenters. The van der Waals surface area contributed by atoms with Gasteiger partial charge in [-0.3, -0.25) is 4.68 Å². The van der Waals surface area contributed by atoms with Crippen LogP contribution in [0.4, 0.5) is 5.69 Å². The van der Waals surface area contributed by atoms with Crippen LogP contribution in [0.15, 0.2) is 43.2 Å². The lowest BCUT2D eigenvalue weighted by molar-refractivity contribution is 0.332. The van der Waals surface area contributed by atoms with Gasteiger partial charge in [0.25, 0.3) is 0 Å². The predicted octanol–water partition coefficient (Wildman–Crippen LogP) is 2.94. The summed E-state index contributed by atoms with van der Waals surface area (Å²) >= 11 is 0. The smallest absolute Gasteiger partial charge is 0.160 e. The molecular formula is C23H18N10. The van der Waals surface area contributed by atoms with E-state index >= 15 is 0 Å². The van der Waals surface area contributed by atoms with E-state index < -0.39 is 0 Å². The van der Waals surface area contributed by atoms with Gasteiger partial charge in [0.2, 0.25) is 0 Å². The van der Waals surface area contributed by atoms with Crippen LogP contribution < -0.4 is 4.90 Å². The van der Waals surface area contributed by atoms with Gasteiger partial charge in [0, 0.05) is 48.5 Å². The van der Waals surface area contributed by atoms with Crippen molar-refractivity contribution in [3.8, 4) is 29.5 Å². The number of nitrogens with one attached hydrogen (secondary N) is 1. The molecule has 33 heavy (non-hydrogen) atoms. The molecule has 0 saturated carbocycles. The number of hydrogen-bond acceptors (Lipinski definition) is 8. The number of anilines is 1. The first kappa shape index (κ1) is 20.2. The highest BCUT2D eigenvalue weighted by Gasteiger charge is 2.33. The number of nitriles is 3. The third-order valence-corrected chi connectivity index (χ3v) is 6.13. The molecule has 1 saturated heterocycles. The molecule has 0 amide bonds. The van der Waals surface area contributed by atoms with E-state index in [9.17, 15) is 15.8 Å². The third-order valence-electron chi connectivity index (χ3n) is 6.13. The van der Waals surface area contributed by atoms with Gasteiger partial charge in [-0.2, -0.15) is 20.9 Å². The number of hydrogen-bond donors (Lipinski definition) is 1. The number of aromatic nitrogens is 6. The summed E-state index contributed by atoms with van der Waals surface area (Å²) in [6.45, 7) is 1.38. The Labute approximate surface area is 189 Å². The molecule has 4 aromatic heterocycles. The van der Waals surface area contributed by atoms with Crippen LogP contribution in [0.3, 0.4) is 0 Å². The van der Waals surface area contributed by atoms with E-state index in [0.717, 1.165) is 35.3 Å². The maximum absolute atomic E-state index is 9.56. The molecule has 2 unspecified atom stereocenters. The van der Waals surface area contributed by atoms with Crippen molar-refractivity contribution in [1.82, 2.24) is 29.7 Å². The summed E-state index contributed by atoms with van der Waals surface area (Å²) in [6.07, 6.45) is 9.75. The first-order valence-electron chi connectivity index (χ1n) is 10.5. The highest BCUT2D eigenvalue weighted by molar-refractivity contribution is 5.89. The van der Waals surface area contributed by atoms with Crippen LogP contribution in [-0.4, -0.2) is 42.8 Å². The zero-order chi connectivity index (χ0) is 22.8. The van der Waals surface area contributed by atoms with Gasteiger partial charge in [0.05, 0.1) is 36.1 Å². The van der Waals surface area contributed by atoms with E-state index in [1.54, 1.807) is 18.5 Å². The maximum atomic E-state index is 9.56. The molecule has 0 spiro atoms. The standard InChI is InChI=1S/C23H18N10/c24-5-1-20(15-4-8-32(12-15)21-3-7-27-19(10-26)18(21)9-25)33-13-16(11-31-33)22-17-2-6-28-23(17)30-14-29-22/h2-3,6-7,11,13-15,20H,1,4,8,12H2,(H,28,29,30). The molecule has 1 N–H and O–H groups in total. The van der Waals surface area contributed by atoms with E-state index in [-0.39, 0.29) is 23.2 Å².